The Bertz CT molecular complexity index is 104. The lowest BCUT2D eigenvalue weighted by Crippen LogP contribution is -2.47. The van der Waals surface area contributed by atoms with E-state index in [1.165, 1.54) is 25.7 Å². The van der Waals surface area contributed by atoms with Crippen LogP contribution in [0, 0.1) is 0 Å². The first-order valence-electron chi connectivity index (χ1n) is 5.68. The van der Waals surface area contributed by atoms with Crippen molar-refractivity contribution in [1.82, 2.24) is 21.3 Å². The van der Waals surface area contributed by atoms with E-state index in [2.05, 4.69) is 23.1 Å². The maximum atomic E-state index is 3.42. The van der Waals surface area contributed by atoms with E-state index in [9.17, 15) is 0 Å². The van der Waals surface area contributed by atoms with Crippen LogP contribution in [-0.4, -0.2) is 38.8 Å². The molecule has 0 aromatic carbocycles. The van der Waals surface area contributed by atoms with Crippen molar-refractivity contribution in [2.75, 3.05) is 33.7 Å². The van der Waals surface area contributed by atoms with Gasteiger partial charge in [0.1, 0.15) is 0 Å². The average Bonchev–Trinajstić information content (AvgIpc) is 2.22. The van der Waals surface area contributed by atoms with Crippen molar-refractivity contribution in [3.05, 3.63) is 0 Å². The summed E-state index contributed by atoms with van der Waals surface area (Å²) in [4.78, 5) is 0. The van der Waals surface area contributed by atoms with Gasteiger partial charge in [-0.3, -0.25) is 0 Å². The average molecular weight is 202 g/mol. The molecule has 0 heterocycles. The number of hydrazine groups is 2. The lowest BCUT2D eigenvalue weighted by molar-refractivity contribution is 0.147. The smallest absolute Gasteiger partial charge is 0.0413 e. The fourth-order valence-corrected chi connectivity index (χ4v) is 1.33. The number of nitrogens with one attached hydrogen (secondary N) is 3. The van der Waals surface area contributed by atoms with Gasteiger partial charge in [-0.15, -0.1) is 0 Å². The fraction of sp³-hybridized carbons (Fsp3) is 1.00. The lowest BCUT2D eigenvalue weighted by Gasteiger charge is -2.19. The van der Waals surface area contributed by atoms with Crippen molar-refractivity contribution in [3.63, 3.8) is 0 Å². The summed E-state index contributed by atoms with van der Waals surface area (Å²) in [6.45, 7) is 5.38. The van der Waals surface area contributed by atoms with Crippen molar-refractivity contribution in [1.29, 1.82) is 0 Å². The second-order valence-electron chi connectivity index (χ2n) is 3.41. The van der Waals surface area contributed by atoms with Crippen molar-refractivity contribution in [2.45, 2.75) is 32.6 Å². The van der Waals surface area contributed by atoms with Crippen LogP contribution in [0.25, 0.3) is 0 Å². The molecule has 0 aliphatic rings. The minimum Gasteiger partial charge on any atom is -0.315 e. The quantitative estimate of drug-likeness (QED) is 0.361. The van der Waals surface area contributed by atoms with Crippen molar-refractivity contribution in [2.24, 2.45) is 0 Å². The third-order valence-electron chi connectivity index (χ3n) is 2.26. The summed E-state index contributed by atoms with van der Waals surface area (Å²) in [6.07, 6.45) is 5.33. The predicted octanol–water partition coefficient (Wildman–Crippen LogP) is 0.727. The van der Waals surface area contributed by atoms with E-state index in [1.807, 2.05) is 19.2 Å². The molecule has 4 heteroatoms. The van der Waals surface area contributed by atoms with E-state index in [0.29, 0.717) is 0 Å². The Morgan fingerprint density at radius 2 is 1.64 bits per heavy atom. The summed E-state index contributed by atoms with van der Waals surface area (Å²) >= 11 is 0. The third-order valence-corrected chi connectivity index (χ3v) is 2.26. The SMILES string of the molecule is CCCCCCNCCN(NC)NC. The van der Waals surface area contributed by atoms with Crippen molar-refractivity contribution >= 4 is 0 Å². The Balaban J connectivity index is 3.04. The van der Waals surface area contributed by atoms with Gasteiger partial charge < -0.3 is 5.32 Å². The number of nitrogens with zero attached hydrogens (tertiary/aromatic N) is 1. The van der Waals surface area contributed by atoms with Gasteiger partial charge in [-0.2, -0.15) is 5.12 Å². The number of hydrogen-bond donors (Lipinski definition) is 3. The van der Waals surface area contributed by atoms with Crippen LogP contribution < -0.4 is 16.2 Å². The monoisotopic (exact) mass is 202 g/mol. The van der Waals surface area contributed by atoms with E-state index in [4.69, 9.17) is 0 Å². The molecule has 3 N–H and O–H groups in total. The van der Waals surface area contributed by atoms with Gasteiger partial charge in [0.15, 0.2) is 0 Å². The highest BCUT2D eigenvalue weighted by Crippen LogP contribution is 1.96. The molecule has 0 atom stereocenters. The van der Waals surface area contributed by atoms with E-state index in [1.54, 1.807) is 0 Å². The van der Waals surface area contributed by atoms with Gasteiger partial charge in [0.05, 0.1) is 0 Å². The van der Waals surface area contributed by atoms with Crippen LogP contribution in [0.5, 0.6) is 0 Å². The van der Waals surface area contributed by atoms with Crippen LogP contribution in [0.4, 0.5) is 0 Å². The molecule has 4 nitrogen and oxygen atoms in total. The minimum absolute atomic E-state index is 0.973. The molecule has 0 fully saturated rings. The molecule has 0 saturated carbocycles. The molecular formula is C10H26N4. The number of unbranched alkanes of at least 4 members (excludes halogenated alkanes) is 3. The largest absolute Gasteiger partial charge is 0.315 e. The maximum absolute atomic E-state index is 3.42. The topological polar surface area (TPSA) is 39.3 Å². The van der Waals surface area contributed by atoms with Gasteiger partial charge in [-0.05, 0) is 13.0 Å². The minimum atomic E-state index is 0.973. The summed E-state index contributed by atoms with van der Waals surface area (Å²) < 4.78 is 0. The summed E-state index contributed by atoms with van der Waals surface area (Å²) in [6, 6.07) is 0. The molecular weight excluding hydrogens is 176 g/mol. The normalized spacial score (nSPS) is 11.1. The Labute approximate surface area is 88.4 Å². The molecule has 0 saturated heterocycles. The second kappa shape index (κ2) is 10.9. The summed E-state index contributed by atoms with van der Waals surface area (Å²) in [5, 5.41) is 5.38. The first-order chi connectivity index (χ1) is 6.85. The van der Waals surface area contributed by atoms with Gasteiger partial charge in [0, 0.05) is 27.2 Å². The predicted molar refractivity (Wildman–Crippen MR) is 61.8 cm³/mol. The first kappa shape index (κ1) is 13.8. The molecule has 86 valence electrons. The highest BCUT2D eigenvalue weighted by atomic mass is 15.7. The van der Waals surface area contributed by atoms with Gasteiger partial charge in [-0.25, -0.2) is 10.9 Å². The molecule has 0 aliphatic carbocycles. The maximum Gasteiger partial charge on any atom is 0.0413 e. The van der Waals surface area contributed by atoms with Crippen LogP contribution in [-0.2, 0) is 0 Å². The Morgan fingerprint density at radius 3 is 2.21 bits per heavy atom. The Morgan fingerprint density at radius 1 is 0.929 bits per heavy atom. The molecule has 0 spiro atoms. The van der Waals surface area contributed by atoms with Crippen molar-refractivity contribution in [3.8, 4) is 0 Å². The van der Waals surface area contributed by atoms with Gasteiger partial charge in [0.2, 0.25) is 0 Å². The molecule has 14 heavy (non-hydrogen) atoms. The molecule has 0 aliphatic heterocycles. The van der Waals surface area contributed by atoms with E-state index in [-0.39, 0.29) is 0 Å². The Kier molecular flexibility index (Phi) is 10.8. The van der Waals surface area contributed by atoms with E-state index in [0.717, 1.165) is 19.6 Å². The van der Waals surface area contributed by atoms with Crippen LogP contribution in [0.3, 0.4) is 0 Å². The van der Waals surface area contributed by atoms with Crippen LogP contribution >= 0.6 is 0 Å². The van der Waals surface area contributed by atoms with Crippen LogP contribution in [0.2, 0.25) is 0 Å². The third kappa shape index (κ3) is 8.44. The van der Waals surface area contributed by atoms with Gasteiger partial charge in [0.25, 0.3) is 0 Å². The molecule has 0 unspecified atom stereocenters. The Hall–Kier alpha value is -0.160. The lowest BCUT2D eigenvalue weighted by atomic mass is 10.2. The zero-order chi connectivity index (χ0) is 10.6. The molecule has 0 amide bonds. The van der Waals surface area contributed by atoms with E-state index < -0.39 is 0 Å². The highest BCUT2D eigenvalue weighted by molar-refractivity contribution is 4.51. The van der Waals surface area contributed by atoms with Crippen LogP contribution in [0.1, 0.15) is 32.6 Å². The summed E-state index contributed by atoms with van der Waals surface area (Å²) in [5.41, 5.74) is 6.09. The molecule has 0 bridgehead atoms. The zero-order valence-corrected chi connectivity index (χ0v) is 9.90. The summed E-state index contributed by atoms with van der Waals surface area (Å²) in [5.74, 6) is 0. The molecule has 0 rings (SSSR count). The van der Waals surface area contributed by atoms with Gasteiger partial charge in [-0.1, -0.05) is 26.2 Å². The zero-order valence-electron chi connectivity index (χ0n) is 9.90. The van der Waals surface area contributed by atoms with Crippen molar-refractivity contribution < 1.29 is 0 Å². The molecule has 0 aromatic heterocycles. The van der Waals surface area contributed by atoms with Gasteiger partial charge >= 0.3 is 0 Å². The molecule has 0 aromatic rings. The van der Waals surface area contributed by atoms with Crippen LogP contribution in [0.15, 0.2) is 0 Å². The standard InChI is InChI=1S/C10H26N4/c1-4-5-6-7-8-13-9-10-14(11-2)12-3/h11-13H,4-10H2,1-3H3. The second-order valence-corrected chi connectivity index (χ2v) is 3.41. The first-order valence-corrected chi connectivity index (χ1v) is 5.68. The fourth-order valence-electron chi connectivity index (χ4n) is 1.33. The number of hydrogen-bond acceptors (Lipinski definition) is 4. The van der Waals surface area contributed by atoms with E-state index >= 15 is 0 Å². The highest BCUT2D eigenvalue weighted by Gasteiger charge is 1.95. The number of rotatable bonds is 10. The molecule has 0 radical (unpaired) electrons. The summed E-state index contributed by atoms with van der Waals surface area (Å²) in [7, 11) is 3.83.